The predicted molar refractivity (Wildman–Crippen MR) is 104 cm³/mol. The molecule has 1 aromatic carbocycles. The fraction of sp³-hybridized carbons (Fsp3) is 0.600. The second-order valence-corrected chi connectivity index (χ2v) is 7.26. The van der Waals surface area contributed by atoms with E-state index in [-0.39, 0.29) is 6.09 Å². The van der Waals surface area contributed by atoms with Gasteiger partial charge in [0.15, 0.2) is 5.58 Å². The Balaban J connectivity index is 1.33. The summed E-state index contributed by atoms with van der Waals surface area (Å²) >= 11 is 0. The first-order chi connectivity index (χ1) is 13.2. The molecule has 3 heterocycles. The van der Waals surface area contributed by atoms with Crippen molar-refractivity contribution in [2.75, 3.05) is 50.8 Å². The van der Waals surface area contributed by atoms with E-state index in [9.17, 15) is 4.79 Å². The third-order valence-electron chi connectivity index (χ3n) is 5.59. The topological polar surface area (TPSA) is 62.1 Å². The van der Waals surface area contributed by atoms with Crippen molar-refractivity contribution in [3.63, 3.8) is 0 Å². The summed E-state index contributed by atoms with van der Waals surface area (Å²) in [7, 11) is 0. The Kier molecular flexibility index (Phi) is 5.48. The molecule has 0 spiro atoms. The van der Waals surface area contributed by atoms with Gasteiger partial charge in [0.2, 0.25) is 0 Å². The molecule has 0 aliphatic carbocycles. The molecule has 0 unspecified atom stereocenters. The highest BCUT2D eigenvalue weighted by Gasteiger charge is 2.29. The number of anilines is 1. The average molecular weight is 372 g/mol. The van der Waals surface area contributed by atoms with Crippen LogP contribution in [0.25, 0.3) is 11.1 Å². The van der Waals surface area contributed by atoms with Gasteiger partial charge in [0.1, 0.15) is 5.52 Å². The SMILES string of the molecule is CCOC(=O)N1CCC(N2CCCN(c3nc4ccccc4o3)CC2)CC1. The third-order valence-corrected chi connectivity index (χ3v) is 5.59. The van der Waals surface area contributed by atoms with E-state index in [0.717, 1.165) is 75.6 Å². The van der Waals surface area contributed by atoms with Gasteiger partial charge < -0.3 is 19.0 Å². The van der Waals surface area contributed by atoms with Crippen LogP contribution in [-0.2, 0) is 4.74 Å². The summed E-state index contributed by atoms with van der Waals surface area (Å²) in [6.07, 6.45) is 2.95. The zero-order chi connectivity index (χ0) is 18.6. The van der Waals surface area contributed by atoms with E-state index in [4.69, 9.17) is 9.15 Å². The van der Waals surface area contributed by atoms with E-state index in [1.807, 2.05) is 36.1 Å². The highest BCUT2D eigenvalue weighted by molar-refractivity contribution is 5.74. The quantitative estimate of drug-likeness (QED) is 0.825. The van der Waals surface area contributed by atoms with Crippen LogP contribution in [0, 0.1) is 0 Å². The first-order valence-corrected chi connectivity index (χ1v) is 10.0. The molecular weight excluding hydrogens is 344 g/mol. The van der Waals surface area contributed by atoms with Crippen molar-refractivity contribution in [1.29, 1.82) is 0 Å². The standard InChI is InChI=1S/C20H28N4O3/c1-2-26-20(25)24-12-8-16(9-13-24)22-10-5-11-23(15-14-22)19-21-17-6-3-4-7-18(17)27-19/h3-4,6-7,16H,2,5,8-15H2,1H3. The van der Waals surface area contributed by atoms with E-state index < -0.39 is 0 Å². The lowest BCUT2D eigenvalue weighted by molar-refractivity contribution is 0.0765. The minimum absolute atomic E-state index is 0.172. The van der Waals surface area contributed by atoms with Crippen molar-refractivity contribution in [2.24, 2.45) is 0 Å². The van der Waals surface area contributed by atoms with Crippen LogP contribution in [0.1, 0.15) is 26.2 Å². The summed E-state index contributed by atoms with van der Waals surface area (Å²) in [6.45, 7) is 7.84. The number of ether oxygens (including phenoxy) is 1. The largest absolute Gasteiger partial charge is 0.450 e. The second-order valence-electron chi connectivity index (χ2n) is 7.26. The number of para-hydroxylation sites is 2. The van der Waals surface area contributed by atoms with Crippen LogP contribution in [-0.4, -0.2) is 72.8 Å². The Labute approximate surface area is 159 Å². The second kappa shape index (κ2) is 8.17. The number of hydrogen-bond donors (Lipinski definition) is 0. The van der Waals surface area contributed by atoms with E-state index in [0.29, 0.717) is 12.6 Å². The lowest BCUT2D eigenvalue weighted by Crippen LogP contribution is -2.47. The third kappa shape index (κ3) is 4.03. The van der Waals surface area contributed by atoms with Gasteiger partial charge in [-0.1, -0.05) is 12.1 Å². The van der Waals surface area contributed by atoms with Crippen LogP contribution in [0.4, 0.5) is 10.8 Å². The molecule has 2 fully saturated rings. The summed E-state index contributed by atoms with van der Waals surface area (Å²) < 4.78 is 11.1. The molecule has 0 atom stereocenters. The van der Waals surface area contributed by atoms with Gasteiger partial charge >= 0.3 is 6.09 Å². The smallest absolute Gasteiger partial charge is 0.409 e. The van der Waals surface area contributed by atoms with Gasteiger partial charge in [0, 0.05) is 45.3 Å². The molecule has 2 aromatic rings. The fourth-order valence-corrected chi connectivity index (χ4v) is 4.12. The van der Waals surface area contributed by atoms with E-state index in [1.165, 1.54) is 0 Å². The fourth-order valence-electron chi connectivity index (χ4n) is 4.12. The minimum atomic E-state index is -0.172. The van der Waals surface area contributed by atoms with Crippen molar-refractivity contribution < 1.29 is 13.9 Å². The number of aromatic nitrogens is 1. The first-order valence-electron chi connectivity index (χ1n) is 10.0. The number of carbonyl (C=O) groups is 1. The molecule has 27 heavy (non-hydrogen) atoms. The van der Waals surface area contributed by atoms with Crippen molar-refractivity contribution in [3.05, 3.63) is 24.3 Å². The molecule has 7 heteroatoms. The Bertz CT molecular complexity index is 736. The van der Waals surface area contributed by atoms with Crippen molar-refractivity contribution in [1.82, 2.24) is 14.8 Å². The number of amides is 1. The number of benzene rings is 1. The average Bonchev–Trinajstić information content (AvgIpc) is 2.98. The highest BCUT2D eigenvalue weighted by atomic mass is 16.6. The van der Waals surface area contributed by atoms with Crippen molar-refractivity contribution in [2.45, 2.75) is 32.2 Å². The minimum Gasteiger partial charge on any atom is -0.450 e. The molecule has 0 bridgehead atoms. The molecule has 146 valence electrons. The van der Waals surface area contributed by atoms with Crippen LogP contribution < -0.4 is 4.90 Å². The van der Waals surface area contributed by atoms with Crippen LogP contribution >= 0.6 is 0 Å². The van der Waals surface area contributed by atoms with Gasteiger partial charge in [-0.3, -0.25) is 4.90 Å². The van der Waals surface area contributed by atoms with Crippen molar-refractivity contribution >= 4 is 23.2 Å². The molecular formula is C20H28N4O3. The molecule has 4 rings (SSSR count). The van der Waals surface area contributed by atoms with Gasteiger partial charge in [-0.25, -0.2) is 4.79 Å². The first kappa shape index (κ1) is 18.1. The highest BCUT2D eigenvalue weighted by Crippen LogP contribution is 2.24. The summed E-state index contributed by atoms with van der Waals surface area (Å²) in [6, 6.07) is 9.19. The van der Waals surface area contributed by atoms with Crippen molar-refractivity contribution in [3.8, 4) is 0 Å². The summed E-state index contributed by atoms with van der Waals surface area (Å²) in [5.41, 5.74) is 1.76. The van der Waals surface area contributed by atoms with Crippen LogP contribution in [0.5, 0.6) is 0 Å². The molecule has 0 N–H and O–H groups in total. The zero-order valence-electron chi connectivity index (χ0n) is 16.0. The van der Waals surface area contributed by atoms with Crippen LogP contribution in [0.3, 0.4) is 0 Å². The Hall–Kier alpha value is -2.28. The van der Waals surface area contributed by atoms with Gasteiger partial charge in [-0.15, -0.1) is 0 Å². The maximum atomic E-state index is 11.9. The number of hydrogen-bond acceptors (Lipinski definition) is 6. The van der Waals surface area contributed by atoms with E-state index in [2.05, 4.69) is 14.8 Å². The molecule has 2 saturated heterocycles. The summed E-state index contributed by atoms with van der Waals surface area (Å²) in [4.78, 5) is 23.2. The molecule has 0 saturated carbocycles. The van der Waals surface area contributed by atoms with Gasteiger partial charge in [-0.2, -0.15) is 4.98 Å². The zero-order valence-corrected chi connectivity index (χ0v) is 16.0. The molecule has 2 aliphatic heterocycles. The summed E-state index contributed by atoms with van der Waals surface area (Å²) in [5, 5.41) is 0. The lowest BCUT2D eigenvalue weighted by Gasteiger charge is -2.37. The van der Waals surface area contributed by atoms with Gasteiger partial charge in [0.05, 0.1) is 6.61 Å². The van der Waals surface area contributed by atoms with Gasteiger partial charge in [0.25, 0.3) is 6.01 Å². The molecule has 7 nitrogen and oxygen atoms in total. The van der Waals surface area contributed by atoms with Gasteiger partial charge in [-0.05, 0) is 38.3 Å². The number of nitrogens with zero attached hydrogens (tertiary/aromatic N) is 4. The number of likely N-dealkylation sites (tertiary alicyclic amines) is 1. The Morgan fingerprint density at radius 3 is 2.74 bits per heavy atom. The molecule has 1 amide bonds. The normalized spacial score (nSPS) is 20.0. The molecule has 2 aliphatic rings. The van der Waals surface area contributed by atoms with Crippen LogP contribution in [0.2, 0.25) is 0 Å². The maximum absolute atomic E-state index is 11.9. The lowest BCUT2D eigenvalue weighted by atomic mass is 10.0. The van der Waals surface area contributed by atoms with Crippen LogP contribution in [0.15, 0.2) is 28.7 Å². The molecule has 1 aromatic heterocycles. The number of fused-ring (bicyclic) bond motifs is 1. The Morgan fingerprint density at radius 1 is 1.15 bits per heavy atom. The monoisotopic (exact) mass is 372 g/mol. The summed E-state index contributed by atoms with van der Waals surface area (Å²) in [5.74, 6) is 0. The van der Waals surface area contributed by atoms with E-state index in [1.54, 1.807) is 0 Å². The number of oxazole rings is 1. The number of rotatable bonds is 3. The predicted octanol–water partition coefficient (Wildman–Crippen LogP) is 2.96. The molecule has 0 radical (unpaired) electrons. The number of carbonyl (C=O) groups excluding carboxylic acids is 1. The number of piperidine rings is 1. The maximum Gasteiger partial charge on any atom is 0.409 e. The van der Waals surface area contributed by atoms with E-state index >= 15 is 0 Å². The Morgan fingerprint density at radius 2 is 1.96 bits per heavy atom.